The van der Waals surface area contributed by atoms with Crippen LogP contribution in [0.3, 0.4) is 0 Å². The first kappa shape index (κ1) is 29.0. The number of aromatic nitrogens is 1. The van der Waals surface area contributed by atoms with E-state index >= 15 is 0 Å². The number of nitriles is 1. The lowest BCUT2D eigenvalue weighted by Crippen LogP contribution is -2.74. The molecule has 0 unspecified atom stereocenters. The van der Waals surface area contributed by atoms with Gasteiger partial charge in [0.15, 0.2) is 0 Å². The SMILES string of the molecule is CC1(C)C(Oc2ccc(C#N)c(Cl)c2)C(C)(C)C1N1Cc2nc(C#CC3CCC(N4CCNCC4)CC3)ccc2C1=O. The van der Waals surface area contributed by atoms with Crippen LogP contribution in [-0.2, 0) is 6.54 Å². The van der Waals surface area contributed by atoms with Crippen molar-refractivity contribution in [3.63, 3.8) is 0 Å². The molecule has 2 aromatic rings. The van der Waals surface area contributed by atoms with Gasteiger partial charge in [-0.15, -0.1) is 0 Å². The first-order valence-electron chi connectivity index (χ1n) is 15.2. The van der Waals surface area contributed by atoms with Gasteiger partial charge < -0.3 is 15.0 Å². The van der Waals surface area contributed by atoms with Gasteiger partial charge in [-0.05, 0) is 55.9 Å². The van der Waals surface area contributed by atoms with Gasteiger partial charge in [0.05, 0.1) is 28.4 Å². The predicted molar refractivity (Wildman–Crippen MR) is 163 cm³/mol. The summed E-state index contributed by atoms with van der Waals surface area (Å²) in [5.74, 6) is 7.90. The van der Waals surface area contributed by atoms with E-state index in [1.54, 1.807) is 18.2 Å². The average molecular weight is 586 g/mol. The lowest BCUT2D eigenvalue weighted by atomic mass is 9.49. The summed E-state index contributed by atoms with van der Waals surface area (Å²) in [5, 5.41) is 13.0. The summed E-state index contributed by atoms with van der Waals surface area (Å²) in [5.41, 5.74) is 2.03. The number of benzene rings is 1. The molecule has 2 saturated carbocycles. The van der Waals surface area contributed by atoms with Crippen LogP contribution >= 0.6 is 11.6 Å². The molecule has 42 heavy (non-hydrogen) atoms. The summed E-state index contributed by atoms with van der Waals surface area (Å²) < 4.78 is 6.44. The number of carbonyl (C=O) groups excluding carboxylic acids is 1. The van der Waals surface area contributed by atoms with Crippen molar-refractivity contribution < 1.29 is 9.53 Å². The van der Waals surface area contributed by atoms with Crippen LogP contribution in [0.25, 0.3) is 0 Å². The molecule has 3 fully saturated rings. The number of pyridine rings is 1. The van der Waals surface area contributed by atoms with Crippen molar-refractivity contribution in [1.82, 2.24) is 20.1 Å². The second-order valence-electron chi connectivity index (χ2n) is 13.5. The Morgan fingerprint density at radius 1 is 1.05 bits per heavy atom. The molecule has 0 radical (unpaired) electrons. The zero-order chi connectivity index (χ0) is 29.6. The number of piperazine rings is 1. The summed E-state index contributed by atoms with van der Waals surface area (Å²) >= 11 is 6.26. The highest BCUT2D eigenvalue weighted by molar-refractivity contribution is 6.31. The van der Waals surface area contributed by atoms with Crippen LogP contribution in [0.2, 0.25) is 5.02 Å². The van der Waals surface area contributed by atoms with Gasteiger partial charge in [-0.25, -0.2) is 4.98 Å². The van der Waals surface area contributed by atoms with Crippen LogP contribution < -0.4 is 10.1 Å². The van der Waals surface area contributed by atoms with E-state index in [0.717, 1.165) is 50.4 Å². The van der Waals surface area contributed by atoms with Gasteiger partial charge in [-0.1, -0.05) is 45.2 Å². The van der Waals surface area contributed by atoms with Gasteiger partial charge in [-0.3, -0.25) is 9.69 Å². The topological polar surface area (TPSA) is 81.5 Å². The van der Waals surface area contributed by atoms with Gasteiger partial charge in [0, 0.05) is 61.1 Å². The number of ether oxygens (including phenoxy) is 1. The van der Waals surface area contributed by atoms with E-state index in [-0.39, 0.29) is 28.9 Å². The molecule has 220 valence electrons. The van der Waals surface area contributed by atoms with E-state index < -0.39 is 0 Å². The van der Waals surface area contributed by atoms with Crippen LogP contribution in [-0.4, -0.2) is 65.1 Å². The molecule has 4 aliphatic rings. The molecule has 6 rings (SSSR count). The fourth-order valence-corrected chi connectivity index (χ4v) is 8.52. The van der Waals surface area contributed by atoms with Gasteiger partial charge >= 0.3 is 0 Å². The van der Waals surface area contributed by atoms with E-state index in [0.29, 0.717) is 40.4 Å². The van der Waals surface area contributed by atoms with E-state index in [4.69, 9.17) is 21.3 Å². The molecule has 1 aromatic heterocycles. The lowest BCUT2D eigenvalue weighted by molar-refractivity contribution is -0.199. The van der Waals surface area contributed by atoms with Crippen molar-refractivity contribution in [3.8, 4) is 23.7 Å². The number of fused-ring (bicyclic) bond motifs is 1. The zero-order valence-corrected chi connectivity index (χ0v) is 25.8. The number of nitrogens with one attached hydrogen (secondary N) is 1. The molecule has 1 N–H and O–H groups in total. The minimum atomic E-state index is -0.312. The highest BCUT2D eigenvalue weighted by Gasteiger charge is 2.67. The molecule has 8 heteroatoms. The second kappa shape index (κ2) is 11.2. The number of carbonyl (C=O) groups is 1. The Kier molecular flexibility index (Phi) is 7.73. The molecule has 3 heterocycles. The van der Waals surface area contributed by atoms with E-state index in [9.17, 15) is 10.1 Å². The van der Waals surface area contributed by atoms with Crippen LogP contribution in [0.5, 0.6) is 5.75 Å². The third kappa shape index (κ3) is 5.17. The van der Waals surface area contributed by atoms with Crippen LogP contribution in [0, 0.1) is 39.9 Å². The Bertz CT molecular complexity index is 1450. The van der Waals surface area contributed by atoms with Crippen LogP contribution in [0.1, 0.15) is 80.7 Å². The monoisotopic (exact) mass is 585 g/mol. The molecule has 0 spiro atoms. The summed E-state index contributed by atoms with van der Waals surface area (Å²) in [7, 11) is 0. The lowest BCUT2D eigenvalue weighted by Gasteiger charge is -2.65. The molecule has 0 atom stereocenters. The van der Waals surface area contributed by atoms with Crippen molar-refractivity contribution in [2.75, 3.05) is 26.2 Å². The Labute approximate surface area is 254 Å². The molecule has 2 aliphatic heterocycles. The van der Waals surface area contributed by atoms with Crippen molar-refractivity contribution >= 4 is 17.5 Å². The maximum Gasteiger partial charge on any atom is 0.256 e. The molecular weight excluding hydrogens is 546 g/mol. The fourth-order valence-electron chi connectivity index (χ4n) is 8.30. The maximum atomic E-state index is 13.6. The highest BCUT2D eigenvalue weighted by atomic mass is 35.5. The summed E-state index contributed by atoms with van der Waals surface area (Å²) in [6.45, 7) is 13.6. The first-order chi connectivity index (χ1) is 20.1. The van der Waals surface area contributed by atoms with Crippen molar-refractivity contribution in [2.24, 2.45) is 16.7 Å². The van der Waals surface area contributed by atoms with Gasteiger partial charge in [0.1, 0.15) is 23.6 Å². The molecular formula is C34H40ClN5O2. The normalized spacial score (nSPS) is 28.2. The molecule has 1 aromatic carbocycles. The van der Waals surface area contributed by atoms with Gasteiger partial charge in [-0.2, -0.15) is 5.26 Å². The average Bonchev–Trinajstić information content (AvgIpc) is 3.29. The molecule has 7 nitrogen and oxygen atoms in total. The number of rotatable bonds is 4. The van der Waals surface area contributed by atoms with Crippen molar-refractivity contribution in [3.05, 3.63) is 57.9 Å². The third-order valence-electron chi connectivity index (χ3n) is 9.94. The Balaban J connectivity index is 1.11. The van der Waals surface area contributed by atoms with Gasteiger partial charge in [0.25, 0.3) is 5.91 Å². The Morgan fingerprint density at radius 3 is 2.43 bits per heavy atom. The van der Waals surface area contributed by atoms with E-state index in [2.05, 4.69) is 55.8 Å². The summed E-state index contributed by atoms with van der Waals surface area (Å²) in [4.78, 5) is 23.1. The first-order valence-corrected chi connectivity index (χ1v) is 15.6. The van der Waals surface area contributed by atoms with Crippen LogP contribution in [0.4, 0.5) is 0 Å². The second-order valence-corrected chi connectivity index (χ2v) is 13.9. The number of hydrogen-bond donors (Lipinski definition) is 1. The van der Waals surface area contributed by atoms with Gasteiger partial charge in [0.2, 0.25) is 0 Å². The van der Waals surface area contributed by atoms with Crippen molar-refractivity contribution in [1.29, 1.82) is 5.26 Å². The maximum absolute atomic E-state index is 13.6. The number of hydrogen-bond acceptors (Lipinski definition) is 6. The fraction of sp³-hybridized carbons (Fsp3) is 0.559. The third-order valence-corrected chi connectivity index (χ3v) is 10.3. The van der Waals surface area contributed by atoms with E-state index in [1.165, 1.54) is 12.8 Å². The highest BCUT2D eigenvalue weighted by Crippen LogP contribution is 2.59. The number of amides is 1. The largest absolute Gasteiger partial charge is 0.489 e. The molecule has 2 aliphatic carbocycles. The zero-order valence-electron chi connectivity index (χ0n) is 25.0. The Hall–Kier alpha value is -3.10. The molecule has 1 amide bonds. The van der Waals surface area contributed by atoms with E-state index in [1.807, 2.05) is 17.0 Å². The Morgan fingerprint density at radius 2 is 1.76 bits per heavy atom. The number of nitrogens with zero attached hydrogens (tertiary/aromatic N) is 4. The minimum absolute atomic E-state index is 0.0225. The minimum Gasteiger partial charge on any atom is -0.489 e. The molecule has 0 bridgehead atoms. The van der Waals surface area contributed by atoms with Crippen LogP contribution in [0.15, 0.2) is 30.3 Å². The molecule has 1 saturated heterocycles. The summed E-state index contributed by atoms with van der Waals surface area (Å²) in [6.07, 6.45) is 4.57. The standard InChI is InChI=1S/C34H40ClN5O2/c1-33(2)31(34(3,4)32(33)42-26-13-8-23(20-36)28(35)19-26)40-21-29-27(30(40)41)14-10-24(38-29)9-5-22-6-11-25(12-7-22)39-17-15-37-16-18-39/h8,10,13-14,19,22,25,31-32,37H,6-7,11-12,15-18,21H2,1-4H3. The summed E-state index contributed by atoms with van der Waals surface area (Å²) in [6, 6.07) is 11.7. The predicted octanol–water partition coefficient (Wildman–Crippen LogP) is 5.26. The smallest absolute Gasteiger partial charge is 0.256 e. The quantitative estimate of drug-likeness (QED) is 0.493. The van der Waals surface area contributed by atoms with Crippen molar-refractivity contribution in [2.45, 2.75) is 78.1 Å². The number of halogens is 1.